The monoisotopic (exact) mass is 183 g/mol. The summed E-state index contributed by atoms with van der Waals surface area (Å²) in [6.07, 6.45) is 6.30. The van der Waals surface area contributed by atoms with E-state index in [0.717, 1.165) is 13.1 Å². The minimum Gasteiger partial charge on any atom is -0.372 e. The SMILES string of the molecule is CC1(C)CCCC(OC2CNC2)C1. The van der Waals surface area contributed by atoms with Crippen molar-refractivity contribution in [2.45, 2.75) is 51.7 Å². The highest BCUT2D eigenvalue weighted by molar-refractivity contribution is 4.83. The van der Waals surface area contributed by atoms with Crippen LogP contribution in [0.15, 0.2) is 0 Å². The van der Waals surface area contributed by atoms with E-state index in [9.17, 15) is 0 Å². The Morgan fingerprint density at radius 3 is 2.54 bits per heavy atom. The van der Waals surface area contributed by atoms with Crippen LogP contribution in [0.3, 0.4) is 0 Å². The molecule has 0 aromatic heterocycles. The summed E-state index contributed by atoms with van der Waals surface area (Å²) in [6.45, 7) is 6.86. The molecular weight excluding hydrogens is 162 g/mol. The van der Waals surface area contributed by atoms with E-state index in [0.29, 0.717) is 17.6 Å². The lowest BCUT2D eigenvalue weighted by molar-refractivity contribution is -0.0714. The molecule has 2 rings (SSSR count). The van der Waals surface area contributed by atoms with E-state index in [1.807, 2.05) is 0 Å². The molecule has 0 aromatic rings. The van der Waals surface area contributed by atoms with Gasteiger partial charge in [-0.1, -0.05) is 20.3 Å². The fourth-order valence-corrected chi connectivity index (χ4v) is 2.38. The number of nitrogens with one attached hydrogen (secondary N) is 1. The summed E-state index contributed by atoms with van der Waals surface area (Å²) in [6, 6.07) is 0. The van der Waals surface area contributed by atoms with Gasteiger partial charge < -0.3 is 10.1 Å². The lowest BCUT2D eigenvalue weighted by Crippen LogP contribution is -2.50. The predicted molar refractivity (Wildman–Crippen MR) is 53.8 cm³/mol. The zero-order valence-electron chi connectivity index (χ0n) is 8.81. The Bertz CT molecular complexity index is 175. The first-order valence-electron chi connectivity index (χ1n) is 5.52. The summed E-state index contributed by atoms with van der Waals surface area (Å²) in [5.74, 6) is 0. The van der Waals surface area contributed by atoms with Gasteiger partial charge in [-0.05, 0) is 24.7 Å². The summed E-state index contributed by atoms with van der Waals surface area (Å²) >= 11 is 0. The first-order chi connectivity index (χ1) is 6.16. The highest BCUT2D eigenvalue weighted by Crippen LogP contribution is 2.36. The molecule has 0 bridgehead atoms. The minimum atomic E-state index is 0.513. The highest BCUT2D eigenvalue weighted by atomic mass is 16.5. The topological polar surface area (TPSA) is 21.3 Å². The molecule has 0 radical (unpaired) electrons. The van der Waals surface area contributed by atoms with Crippen LogP contribution in [0.1, 0.15) is 39.5 Å². The van der Waals surface area contributed by atoms with E-state index >= 15 is 0 Å². The van der Waals surface area contributed by atoms with Crippen LogP contribution in [-0.2, 0) is 4.74 Å². The molecule has 2 aliphatic rings. The zero-order chi connectivity index (χ0) is 9.31. The number of rotatable bonds is 2. The molecule has 1 aliphatic carbocycles. The van der Waals surface area contributed by atoms with Gasteiger partial charge in [-0.2, -0.15) is 0 Å². The van der Waals surface area contributed by atoms with Gasteiger partial charge in [0, 0.05) is 13.1 Å². The van der Waals surface area contributed by atoms with Gasteiger partial charge in [0.05, 0.1) is 12.2 Å². The van der Waals surface area contributed by atoms with Crippen LogP contribution in [0.2, 0.25) is 0 Å². The lowest BCUT2D eigenvalue weighted by atomic mass is 9.76. The van der Waals surface area contributed by atoms with Gasteiger partial charge >= 0.3 is 0 Å². The van der Waals surface area contributed by atoms with Gasteiger partial charge in [0.2, 0.25) is 0 Å². The van der Waals surface area contributed by atoms with E-state index < -0.39 is 0 Å². The van der Waals surface area contributed by atoms with Crippen LogP contribution in [0.5, 0.6) is 0 Å². The van der Waals surface area contributed by atoms with Crippen molar-refractivity contribution in [2.24, 2.45) is 5.41 Å². The second kappa shape index (κ2) is 3.58. The third kappa shape index (κ3) is 2.44. The summed E-state index contributed by atoms with van der Waals surface area (Å²) < 4.78 is 6.00. The summed E-state index contributed by atoms with van der Waals surface area (Å²) in [7, 11) is 0. The fraction of sp³-hybridized carbons (Fsp3) is 1.00. The van der Waals surface area contributed by atoms with Gasteiger partial charge in [0.25, 0.3) is 0 Å². The molecule has 1 heterocycles. The second-order valence-electron chi connectivity index (χ2n) is 5.30. The summed E-state index contributed by atoms with van der Waals surface area (Å²) in [5, 5.41) is 3.25. The molecule has 1 N–H and O–H groups in total. The number of hydrogen-bond acceptors (Lipinski definition) is 2. The number of hydrogen-bond donors (Lipinski definition) is 1. The molecule has 2 heteroatoms. The Morgan fingerprint density at radius 1 is 1.23 bits per heavy atom. The molecule has 0 spiro atoms. The van der Waals surface area contributed by atoms with Crippen LogP contribution in [0, 0.1) is 5.41 Å². The van der Waals surface area contributed by atoms with Gasteiger partial charge in [-0.15, -0.1) is 0 Å². The van der Waals surface area contributed by atoms with Crippen molar-refractivity contribution in [3.05, 3.63) is 0 Å². The molecule has 13 heavy (non-hydrogen) atoms. The molecule has 2 nitrogen and oxygen atoms in total. The highest BCUT2D eigenvalue weighted by Gasteiger charge is 2.31. The summed E-state index contributed by atoms with van der Waals surface area (Å²) in [4.78, 5) is 0. The van der Waals surface area contributed by atoms with Crippen molar-refractivity contribution in [2.75, 3.05) is 13.1 Å². The van der Waals surface area contributed by atoms with Crippen LogP contribution < -0.4 is 5.32 Å². The molecule has 76 valence electrons. The molecule has 1 unspecified atom stereocenters. The van der Waals surface area contributed by atoms with E-state index in [4.69, 9.17) is 4.74 Å². The third-order valence-electron chi connectivity index (χ3n) is 3.29. The van der Waals surface area contributed by atoms with Crippen molar-refractivity contribution >= 4 is 0 Å². The average molecular weight is 183 g/mol. The third-order valence-corrected chi connectivity index (χ3v) is 3.29. The zero-order valence-corrected chi connectivity index (χ0v) is 8.81. The maximum atomic E-state index is 6.00. The molecule has 2 fully saturated rings. The van der Waals surface area contributed by atoms with Crippen LogP contribution in [0.4, 0.5) is 0 Å². The Balaban J connectivity index is 1.78. The summed E-state index contributed by atoms with van der Waals surface area (Å²) in [5.41, 5.74) is 0.514. The molecule has 0 aromatic carbocycles. The second-order valence-corrected chi connectivity index (χ2v) is 5.30. The average Bonchev–Trinajstić information content (AvgIpc) is 1.95. The standard InChI is InChI=1S/C11H21NO/c1-11(2)5-3-4-9(6-11)13-10-7-12-8-10/h9-10,12H,3-8H2,1-2H3. The van der Waals surface area contributed by atoms with Crippen LogP contribution in [-0.4, -0.2) is 25.3 Å². The molecule has 1 aliphatic heterocycles. The first-order valence-corrected chi connectivity index (χ1v) is 5.52. The number of ether oxygens (including phenoxy) is 1. The van der Waals surface area contributed by atoms with Gasteiger partial charge in [-0.25, -0.2) is 0 Å². The Kier molecular flexibility index (Phi) is 2.61. The molecular formula is C11H21NO. The largest absolute Gasteiger partial charge is 0.372 e. The van der Waals surface area contributed by atoms with Crippen LogP contribution >= 0.6 is 0 Å². The fourth-order valence-electron chi connectivity index (χ4n) is 2.38. The van der Waals surface area contributed by atoms with Crippen molar-refractivity contribution in [1.82, 2.24) is 5.32 Å². The first kappa shape index (κ1) is 9.47. The Hall–Kier alpha value is -0.0800. The van der Waals surface area contributed by atoms with Gasteiger partial charge in [-0.3, -0.25) is 0 Å². The maximum absolute atomic E-state index is 6.00. The molecule has 1 saturated carbocycles. The minimum absolute atomic E-state index is 0.513. The van der Waals surface area contributed by atoms with E-state index in [1.54, 1.807) is 0 Å². The van der Waals surface area contributed by atoms with E-state index in [-0.39, 0.29) is 0 Å². The smallest absolute Gasteiger partial charge is 0.0827 e. The quantitative estimate of drug-likeness (QED) is 0.706. The van der Waals surface area contributed by atoms with Gasteiger partial charge in [0.1, 0.15) is 0 Å². The molecule has 1 atom stereocenters. The Morgan fingerprint density at radius 2 is 2.00 bits per heavy atom. The van der Waals surface area contributed by atoms with Crippen LogP contribution in [0.25, 0.3) is 0 Å². The van der Waals surface area contributed by atoms with Crippen molar-refractivity contribution in [3.63, 3.8) is 0 Å². The molecule has 0 amide bonds. The normalized spacial score (nSPS) is 34.2. The predicted octanol–water partition coefficient (Wildman–Crippen LogP) is 1.94. The van der Waals surface area contributed by atoms with Crippen molar-refractivity contribution in [1.29, 1.82) is 0 Å². The van der Waals surface area contributed by atoms with E-state index in [2.05, 4.69) is 19.2 Å². The van der Waals surface area contributed by atoms with Crippen molar-refractivity contribution < 1.29 is 4.74 Å². The Labute approximate surface area is 81.0 Å². The molecule has 1 saturated heterocycles. The lowest BCUT2D eigenvalue weighted by Gasteiger charge is -2.39. The van der Waals surface area contributed by atoms with Crippen molar-refractivity contribution in [3.8, 4) is 0 Å². The van der Waals surface area contributed by atoms with E-state index in [1.165, 1.54) is 25.7 Å². The van der Waals surface area contributed by atoms with Gasteiger partial charge in [0.15, 0.2) is 0 Å². The maximum Gasteiger partial charge on any atom is 0.0827 e.